The number of esters is 1. The lowest BCUT2D eigenvalue weighted by Crippen LogP contribution is -2.24. The Morgan fingerprint density at radius 2 is 1.91 bits per heavy atom. The molecule has 0 spiro atoms. The number of allylic oxidation sites excluding steroid dienone is 3. The van der Waals surface area contributed by atoms with Crippen LogP contribution in [0.2, 0.25) is 0 Å². The lowest BCUT2D eigenvalue weighted by Gasteiger charge is -2.25. The maximum atomic E-state index is 11.3. The highest BCUT2D eigenvalue weighted by atomic mass is 16.5. The minimum Gasteiger partial charge on any atom is -0.463 e. The molecule has 0 aliphatic carbocycles. The standard InChI is InChI=1S/C19H34O3/c1-7-21-18(20)15-17(4)12-9-11-16(3)13-10-14-19(5,6)22-8-2/h9,12,15-16H,7-8,10-11,13-14H2,1-6H3/b12-9+,17-15?. The summed E-state index contributed by atoms with van der Waals surface area (Å²) in [6.07, 6.45) is 10.2. The predicted octanol–water partition coefficient (Wildman–Crippen LogP) is 5.06. The van der Waals surface area contributed by atoms with E-state index in [0.29, 0.717) is 12.5 Å². The summed E-state index contributed by atoms with van der Waals surface area (Å²) in [6, 6.07) is 0. The van der Waals surface area contributed by atoms with E-state index in [1.165, 1.54) is 18.9 Å². The van der Waals surface area contributed by atoms with Gasteiger partial charge in [0, 0.05) is 12.7 Å². The number of carbonyl (C=O) groups excluding carboxylic acids is 1. The largest absolute Gasteiger partial charge is 0.463 e. The summed E-state index contributed by atoms with van der Waals surface area (Å²) in [5, 5.41) is 0. The Morgan fingerprint density at radius 1 is 1.23 bits per heavy atom. The zero-order chi connectivity index (χ0) is 17.0. The third-order valence-electron chi connectivity index (χ3n) is 3.56. The SMILES string of the molecule is CCOC(=O)C=C(C)/C=C/CC(C)CCCC(C)(C)OCC. The van der Waals surface area contributed by atoms with Crippen LogP contribution in [0.1, 0.15) is 67.2 Å². The average Bonchev–Trinajstić information content (AvgIpc) is 2.38. The fraction of sp³-hybridized carbons (Fsp3) is 0.737. The van der Waals surface area contributed by atoms with E-state index in [4.69, 9.17) is 9.47 Å². The van der Waals surface area contributed by atoms with Gasteiger partial charge in [0.05, 0.1) is 12.2 Å². The summed E-state index contributed by atoms with van der Waals surface area (Å²) in [6.45, 7) is 13.5. The van der Waals surface area contributed by atoms with E-state index in [0.717, 1.165) is 25.0 Å². The van der Waals surface area contributed by atoms with Crippen molar-refractivity contribution in [1.82, 2.24) is 0 Å². The van der Waals surface area contributed by atoms with Crippen molar-refractivity contribution in [3.8, 4) is 0 Å². The molecule has 0 rings (SSSR count). The quantitative estimate of drug-likeness (QED) is 0.304. The third-order valence-corrected chi connectivity index (χ3v) is 3.56. The molecule has 0 aromatic rings. The van der Waals surface area contributed by atoms with Crippen molar-refractivity contribution >= 4 is 5.97 Å². The van der Waals surface area contributed by atoms with Crippen LogP contribution in [0.4, 0.5) is 0 Å². The van der Waals surface area contributed by atoms with Gasteiger partial charge in [-0.15, -0.1) is 0 Å². The first-order valence-electron chi connectivity index (χ1n) is 8.46. The van der Waals surface area contributed by atoms with E-state index in [2.05, 4.69) is 26.8 Å². The Labute approximate surface area is 136 Å². The summed E-state index contributed by atoms with van der Waals surface area (Å²) in [7, 11) is 0. The molecule has 0 bridgehead atoms. The van der Waals surface area contributed by atoms with Crippen LogP contribution in [0.3, 0.4) is 0 Å². The van der Waals surface area contributed by atoms with Gasteiger partial charge in [-0.3, -0.25) is 0 Å². The van der Waals surface area contributed by atoms with Gasteiger partial charge in [0.15, 0.2) is 0 Å². The highest BCUT2D eigenvalue weighted by molar-refractivity contribution is 5.83. The lowest BCUT2D eigenvalue weighted by atomic mass is 9.94. The summed E-state index contributed by atoms with van der Waals surface area (Å²) >= 11 is 0. The second-order valence-corrected chi connectivity index (χ2v) is 6.47. The van der Waals surface area contributed by atoms with Gasteiger partial charge in [-0.05, 0) is 59.0 Å². The van der Waals surface area contributed by atoms with Gasteiger partial charge < -0.3 is 9.47 Å². The monoisotopic (exact) mass is 310 g/mol. The average molecular weight is 310 g/mol. The maximum Gasteiger partial charge on any atom is 0.330 e. The molecule has 3 heteroatoms. The Morgan fingerprint density at radius 3 is 2.50 bits per heavy atom. The smallest absolute Gasteiger partial charge is 0.330 e. The fourth-order valence-corrected chi connectivity index (χ4v) is 2.36. The van der Waals surface area contributed by atoms with Crippen molar-refractivity contribution in [3.63, 3.8) is 0 Å². The highest BCUT2D eigenvalue weighted by Crippen LogP contribution is 2.21. The molecule has 0 saturated carbocycles. The third kappa shape index (κ3) is 11.6. The van der Waals surface area contributed by atoms with Crippen molar-refractivity contribution in [3.05, 3.63) is 23.8 Å². The molecule has 128 valence electrons. The molecule has 0 N–H and O–H groups in total. The molecule has 0 fully saturated rings. The van der Waals surface area contributed by atoms with E-state index in [1.54, 1.807) is 0 Å². The molecule has 0 heterocycles. The first kappa shape index (κ1) is 20.9. The second-order valence-electron chi connectivity index (χ2n) is 6.47. The van der Waals surface area contributed by atoms with Gasteiger partial charge in [0.25, 0.3) is 0 Å². The van der Waals surface area contributed by atoms with Crippen molar-refractivity contribution < 1.29 is 14.3 Å². The molecule has 1 atom stereocenters. The van der Waals surface area contributed by atoms with Gasteiger partial charge in [0.2, 0.25) is 0 Å². The van der Waals surface area contributed by atoms with Crippen LogP contribution < -0.4 is 0 Å². The number of hydrogen-bond acceptors (Lipinski definition) is 3. The Bertz CT molecular complexity index is 367. The van der Waals surface area contributed by atoms with E-state index in [-0.39, 0.29) is 11.6 Å². The van der Waals surface area contributed by atoms with Crippen LogP contribution >= 0.6 is 0 Å². The zero-order valence-electron chi connectivity index (χ0n) is 15.3. The van der Waals surface area contributed by atoms with Crippen LogP contribution in [0, 0.1) is 5.92 Å². The molecule has 0 amide bonds. The predicted molar refractivity (Wildman–Crippen MR) is 92.9 cm³/mol. The van der Waals surface area contributed by atoms with Crippen molar-refractivity contribution in [2.45, 2.75) is 72.8 Å². The summed E-state index contributed by atoms with van der Waals surface area (Å²) < 4.78 is 10.6. The lowest BCUT2D eigenvalue weighted by molar-refractivity contribution is -0.137. The highest BCUT2D eigenvalue weighted by Gasteiger charge is 2.17. The van der Waals surface area contributed by atoms with Crippen LogP contribution in [0.25, 0.3) is 0 Å². The van der Waals surface area contributed by atoms with E-state index in [9.17, 15) is 4.79 Å². The summed E-state index contributed by atoms with van der Waals surface area (Å²) in [4.78, 5) is 11.3. The first-order valence-corrected chi connectivity index (χ1v) is 8.46. The normalized spacial score (nSPS) is 14.4. The van der Waals surface area contributed by atoms with E-state index >= 15 is 0 Å². The topological polar surface area (TPSA) is 35.5 Å². The molecule has 0 radical (unpaired) electrons. The minimum atomic E-state index is -0.268. The zero-order valence-corrected chi connectivity index (χ0v) is 15.3. The second kappa shape index (κ2) is 11.5. The van der Waals surface area contributed by atoms with Crippen LogP contribution in [0.15, 0.2) is 23.8 Å². The molecular formula is C19H34O3. The Balaban J connectivity index is 4.00. The number of rotatable bonds is 11. The molecule has 0 saturated heterocycles. The molecule has 22 heavy (non-hydrogen) atoms. The molecule has 0 aromatic carbocycles. The van der Waals surface area contributed by atoms with E-state index in [1.807, 2.05) is 26.8 Å². The van der Waals surface area contributed by atoms with Gasteiger partial charge in [-0.2, -0.15) is 0 Å². The van der Waals surface area contributed by atoms with Crippen molar-refractivity contribution in [2.75, 3.05) is 13.2 Å². The van der Waals surface area contributed by atoms with Gasteiger partial charge in [-0.1, -0.05) is 31.9 Å². The van der Waals surface area contributed by atoms with Gasteiger partial charge in [0.1, 0.15) is 0 Å². The molecule has 0 aromatic heterocycles. The van der Waals surface area contributed by atoms with Crippen molar-refractivity contribution in [2.24, 2.45) is 5.92 Å². The van der Waals surface area contributed by atoms with E-state index < -0.39 is 0 Å². The first-order chi connectivity index (χ1) is 10.3. The molecular weight excluding hydrogens is 276 g/mol. The Kier molecular flexibility index (Phi) is 10.9. The number of carbonyl (C=O) groups is 1. The molecule has 1 unspecified atom stereocenters. The van der Waals surface area contributed by atoms with Crippen LogP contribution in [0.5, 0.6) is 0 Å². The summed E-state index contributed by atoms with van der Waals surface area (Å²) in [5.41, 5.74) is 0.923. The van der Waals surface area contributed by atoms with Crippen molar-refractivity contribution in [1.29, 1.82) is 0 Å². The minimum absolute atomic E-state index is 0.0106. The Hall–Kier alpha value is -1.09. The molecule has 3 nitrogen and oxygen atoms in total. The maximum absolute atomic E-state index is 11.3. The fourth-order valence-electron chi connectivity index (χ4n) is 2.36. The molecule has 0 aliphatic rings. The van der Waals surface area contributed by atoms with Gasteiger partial charge >= 0.3 is 5.97 Å². The number of ether oxygens (including phenoxy) is 2. The number of hydrogen-bond donors (Lipinski definition) is 0. The van der Waals surface area contributed by atoms with Crippen LogP contribution in [-0.2, 0) is 14.3 Å². The van der Waals surface area contributed by atoms with Crippen LogP contribution in [-0.4, -0.2) is 24.8 Å². The van der Waals surface area contributed by atoms with Gasteiger partial charge in [-0.25, -0.2) is 4.79 Å². The molecule has 0 aliphatic heterocycles. The summed E-state index contributed by atoms with van der Waals surface area (Å²) in [5.74, 6) is 0.375.